The lowest BCUT2D eigenvalue weighted by Crippen LogP contribution is -2.18. The van der Waals surface area contributed by atoms with Crippen molar-refractivity contribution in [2.24, 2.45) is 11.0 Å². The van der Waals surface area contributed by atoms with E-state index in [1.165, 1.54) is 0 Å². The van der Waals surface area contributed by atoms with E-state index in [9.17, 15) is 9.59 Å². The molecular weight excluding hydrogens is 290 g/mol. The summed E-state index contributed by atoms with van der Waals surface area (Å²) in [7, 11) is 0. The number of hydrogen-bond donors (Lipinski definition) is 2. The molecule has 0 spiro atoms. The smallest absolute Gasteiger partial charge is 0.271 e. The maximum absolute atomic E-state index is 12.0. The van der Waals surface area contributed by atoms with Gasteiger partial charge in [0.15, 0.2) is 0 Å². The molecule has 1 aliphatic carbocycles. The molecule has 5 heteroatoms. The van der Waals surface area contributed by atoms with Gasteiger partial charge >= 0.3 is 0 Å². The Bertz CT molecular complexity index is 720. The summed E-state index contributed by atoms with van der Waals surface area (Å²) in [4.78, 5) is 23.6. The molecule has 0 aromatic heterocycles. The van der Waals surface area contributed by atoms with E-state index in [-0.39, 0.29) is 17.7 Å². The highest BCUT2D eigenvalue weighted by Crippen LogP contribution is 2.30. The van der Waals surface area contributed by atoms with E-state index in [2.05, 4.69) is 15.8 Å². The lowest BCUT2D eigenvalue weighted by atomic mass is 10.2. The molecule has 0 saturated heterocycles. The molecule has 0 heterocycles. The highest BCUT2D eigenvalue weighted by Gasteiger charge is 2.29. The van der Waals surface area contributed by atoms with Gasteiger partial charge in [0, 0.05) is 17.2 Å². The van der Waals surface area contributed by atoms with E-state index in [1.807, 2.05) is 30.3 Å². The molecule has 1 aliphatic rings. The molecule has 23 heavy (non-hydrogen) atoms. The molecule has 0 bridgehead atoms. The van der Waals surface area contributed by atoms with Gasteiger partial charge < -0.3 is 5.32 Å². The van der Waals surface area contributed by atoms with E-state index in [0.29, 0.717) is 11.3 Å². The van der Waals surface area contributed by atoms with Crippen LogP contribution >= 0.6 is 0 Å². The van der Waals surface area contributed by atoms with Crippen LogP contribution in [0, 0.1) is 5.92 Å². The SMILES string of the molecule is O=C(N/N=C/c1ccccc1)c1ccc(NC(=O)C2CC2)cc1. The number of carbonyl (C=O) groups excluding carboxylic acids is 2. The van der Waals surface area contributed by atoms with Gasteiger partial charge in [0.25, 0.3) is 5.91 Å². The fourth-order valence-electron chi connectivity index (χ4n) is 2.06. The first kappa shape index (κ1) is 15.0. The summed E-state index contributed by atoms with van der Waals surface area (Å²) in [5.41, 5.74) is 4.57. The summed E-state index contributed by atoms with van der Waals surface area (Å²) in [5, 5.41) is 6.76. The topological polar surface area (TPSA) is 70.6 Å². The summed E-state index contributed by atoms with van der Waals surface area (Å²) >= 11 is 0. The van der Waals surface area contributed by atoms with Gasteiger partial charge in [0.05, 0.1) is 6.21 Å². The fourth-order valence-corrected chi connectivity index (χ4v) is 2.06. The first-order valence-corrected chi connectivity index (χ1v) is 7.52. The Balaban J connectivity index is 1.55. The first-order valence-electron chi connectivity index (χ1n) is 7.52. The Hall–Kier alpha value is -2.95. The quantitative estimate of drug-likeness (QED) is 0.658. The van der Waals surface area contributed by atoms with Gasteiger partial charge in [0.2, 0.25) is 5.91 Å². The van der Waals surface area contributed by atoms with Crippen molar-refractivity contribution in [3.63, 3.8) is 0 Å². The molecular formula is C18H17N3O2. The van der Waals surface area contributed by atoms with Crippen LogP contribution < -0.4 is 10.7 Å². The zero-order valence-electron chi connectivity index (χ0n) is 12.5. The average molecular weight is 307 g/mol. The highest BCUT2D eigenvalue weighted by molar-refractivity contribution is 5.97. The van der Waals surface area contributed by atoms with E-state index >= 15 is 0 Å². The van der Waals surface area contributed by atoms with Gasteiger partial charge in [-0.1, -0.05) is 30.3 Å². The van der Waals surface area contributed by atoms with E-state index in [1.54, 1.807) is 30.5 Å². The number of anilines is 1. The van der Waals surface area contributed by atoms with Gasteiger partial charge in [-0.15, -0.1) is 0 Å². The van der Waals surface area contributed by atoms with Crippen LogP contribution in [0.4, 0.5) is 5.69 Å². The maximum atomic E-state index is 12.0. The number of carbonyl (C=O) groups is 2. The third kappa shape index (κ3) is 4.26. The number of nitrogens with one attached hydrogen (secondary N) is 2. The largest absolute Gasteiger partial charge is 0.326 e. The van der Waals surface area contributed by atoms with Gasteiger partial charge in [-0.2, -0.15) is 5.10 Å². The number of nitrogens with zero attached hydrogens (tertiary/aromatic N) is 1. The first-order chi connectivity index (χ1) is 11.2. The summed E-state index contributed by atoms with van der Waals surface area (Å²) in [6.07, 6.45) is 3.51. The maximum Gasteiger partial charge on any atom is 0.271 e. The molecule has 2 amide bonds. The Morgan fingerprint density at radius 2 is 1.70 bits per heavy atom. The van der Waals surface area contributed by atoms with Gasteiger partial charge in [0.1, 0.15) is 0 Å². The third-order valence-corrected chi connectivity index (χ3v) is 3.54. The molecule has 0 radical (unpaired) electrons. The van der Waals surface area contributed by atoms with Crippen molar-refractivity contribution in [2.45, 2.75) is 12.8 Å². The molecule has 2 aromatic rings. The van der Waals surface area contributed by atoms with Crippen LogP contribution in [0.2, 0.25) is 0 Å². The van der Waals surface area contributed by atoms with Crippen molar-refractivity contribution < 1.29 is 9.59 Å². The summed E-state index contributed by atoms with van der Waals surface area (Å²) in [6.45, 7) is 0. The van der Waals surface area contributed by atoms with Crippen molar-refractivity contribution in [3.8, 4) is 0 Å². The molecule has 5 nitrogen and oxygen atoms in total. The Morgan fingerprint density at radius 3 is 2.35 bits per heavy atom. The molecule has 0 atom stereocenters. The number of hydrogen-bond acceptors (Lipinski definition) is 3. The van der Waals surface area contributed by atoms with Gasteiger partial charge in [-0.25, -0.2) is 5.43 Å². The monoisotopic (exact) mass is 307 g/mol. The van der Waals surface area contributed by atoms with Crippen molar-refractivity contribution in [3.05, 3.63) is 65.7 Å². The van der Waals surface area contributed by atoms with Crippen LogP contribution in [0.25, 0.3) is 0 Å². The van der Waals surface area contributed by atoms with Crippen molar-refractivity contribution >= 4 is 23.7 Å². The molecule has 0 unspecified atom stereocenters. The zero-order chi connectivity index (χ0) is 16.1. The molecule has 2 N–H and O–H groups in total. The molecule has 116 valence electrons. The van der Waals surface area contributed by atoms with E-state index in [4.69, 9.17) is 0 Å². The Kier molecular flexibility index (Phi) is 4.47. The van der Waals surface area contributed by atoms with Crippen molar-refractivity contribution in [1.29, 1.82) is 0 Å². The standard InChI is InChI=1S/C18H17N3O2/c22-17(14-6-7-14)20-16-10-8-15(9-11-16)18(23)21-19-12-13-4-2-1-3-5-13/h1-5,8-12,14H,6-7H2,(H,20,22)(H,21,23)/b19-12+. The Morgan fingerprint density at radius 1 is 1.00 bits per heavy atom. The second-order valence-corrected chi connectivity index (χ2v) is 5.45. The van der Waals surface area contributed by atoms with Crippen LogP contribution in [0.5, 0.6) is 0 Å². The van der Waals surface area contributed by atoms with Crippen molar-refractivity contribution in [2.75, 3.05) is 5.32 Å². The molecule has 1 fully saturated rings. The van der Waals surface area contributed by atoms with Gasteiger partial charge in [-0.3, -0.25) is 9.59 Å². The molecule has 3 rings (SSSR count). The minimum absolute atomic E-state index is 0.0506. The predicted molar refractivity (Wildman–Crippen MR) is 89.3 cm³/mol. The average Bonchev–Trinajstić information content (AvgIpc) is 3.41. The summed E-state index contributed by atoms with van der Waals surface area (Å²) < 4.78 is 0. The molecule has 1 saturated carbocycles. The molecule has 2 aromatic carbocycles. The second-order valence-electron chi connectivity index (χ2n) is 5.45. The van der Waals surface area contributed by atoms with Crippen LogP contribution in [0.3, 0.4) is 0 Å². The minimum Gasteiger partial charge on any atom is -0.326 e. The summed E-state index contributed by atoms with van der Waals surface area (Å²) in [6, 6.07) is 16.3. The van der Waals surface area contributed by atoms with Crippen LogP contribution in [0.15, 0.2) is 59.7 Å². The van der Waals surface area contributed by atoms with Crippen LogP contribution in [-0.2, 0) is 4.79 Å². The number of amides is 2. The Labute approximate surface area is 134 Å². The normalized spacial score (nSPS) is 13.7. The number of benzene rings is 2. The number of rotatable bonds is 5. The van der Waals surface area contributed by atoms with Crippen molar-refractivity contribution in [1.82, 2.24) is 5.43 Å². The second kappa shape index (κ2) is 6.87. The predicted octanol–water partition coefficient (Wildman–Crippen LogP) is 2.80. The van der Waals surface area contributed by atoms with Crippen LogP contribution in [-0.4, -0.2) is 18.0 Å². The van der Waals surface area contributed by atoms with Gasteiger partial charge in [-0.05, 0) is 42.7 Å². The lowest BCUT2D eigenvalue weighted by Gasteiger charge is -2.05. The third-order valence-electron chi connectivity index (χ3n) is 3.54. The summed E-state index contributed by atoms with van der Waals surface area (Å²) in [5.74, 6) is -0.0859. The lowest BCUT2D eigenvalue weighted by molar-refractivity contribution is -0.117. The zero-order valence-corrected chi connectivity index (χ0v) is 12.5. The minimum atomic E-state index is -0.294. The fraction of sp³-hybridized carbons (Fsp3) is 0.167. The van der Waals surface area contributed by atoms with E-state index < -0.39 is 0 Å². The highest BCUT2D eigenvalue weighted by atomic mass is 16.2. The number of hydrazone groups is 1. The van der Waals surface area contributed by atoms with E-state index in [0.717, 1.165) is 18.4 Å². The van der Waals surface area contributed by atoms with Crippen LogP contribution in [0.1, 0.15) is 28.8 Å². The molecule has 0 aliphatic heterocycles.